The van der Waals surface area contributed by atoms with Crippen molar-refractivity contribution in [3.8, 4) is 11.5 Å². The highest BCUT2D eigenvalue weighted by atomic mass is 16.5. The Balaban J connectivity index is 2.24. The van der Waals surface area contributed by atoms with Crippen LogP contribution >= 0.6 is 0 Å². The molecule has 0 fully saturated rings. The zero-order valence-electron chi connectivity index (χ0n) is 16.6. The number of nitrogen functional groups attached to an aromatic ring is 1. The number of carbonyl (C=O) groups is 2. The second kappa shape index (κ2) is 10.7. The highest BCUT2D eigenvalue weighted by Gasteiger charge is 2.22. The topological polar surface area (TPSA) is 155 Å². The van der Waals surface area contributed by atoms with Crippen molar-refractivity contribution in [1.29, 1.82) is 5.41 Å². The minimum Gasteiger partial charge on any atom is -0.494 e. The molecular weight excluding hydrogens is 390 g/mol. The summed E-state index contributed by atoms with van der Waals surface area (Å²) in [5.41, 5.74) is 6.93. The smallest absolute Gasteiger partial charge is 0.330 e. The number of carboxylic acid groups (broad SMARTS) is 2. The maximum absolute atomic E-state index is 11.9. The van der Waals surface area contributed by atoms with Gasteiger partial charge in [-0.2, -0.15) is 0 Å². The van der Waals surface area contributed by atoms with E-state index in [9.17, 15) is 14.7 Å². The van der Waals surface area contributed by atoms with Crippen molar-refractivity contribution < 1.29 is 29.3 Å². The molecule has 0 amide bonds. The van der Waals surface area contributed by atoms with Crippen LogP contribution in [0.4, 0.5) is 5.69 Å². The van der Waals surface area contributed by atoms with Crippen LogP contribution in [-0.2, 0) is 9.59 Å². The minimum absolute atomic E-state index is 0.0203. The molecule has 0 aliphatic carbocycles. The molecule has 9 heteroatoms. The predicted octanol–water partition coefficient (Wildman–Crippen LogP) is 2.85. The van der Waals surface area contributed by atoms with Gasteiger partial charge in [-0.15, -0.1) is 0 Å². The van der Waals surface area contributed by atoms with Gasteiger partial charge >= 0.3 is 11.9 Å². The quantitative estimate of drug-likeness (QED) is 0.201. The highest BCUT2D eigenvalue weighted by Crippen LogP contribution is 2.29. The van der Waals surface area contributed by atoms with Gasteiger partial charge in [-0.25, -0.2) is 4.79 Å². The lowest BCUT2D eigenvalue weighted by atomic mass is 10.1. The summed E-state index contributed by atoms with van der Waals surface area (Å²) in [5.74, 6) is -1.25. The second-order valence-electron chi connectivity index (χ2n) is 6.42. The lowest BCUT2D eigenvalue weighted by Crippen LogP contribution is -2.21. The first kappa shape index (κ1) is 22.5. The molecule has 2 rings (SSSR count). The van der Waals surface area contributed by atoms with E-state index in [1.807, 2.05) is 6.92 Å². The molecule has 0 aromatic heterocycles. The lowest BCUT2D eigenvalue weighted by molar-refractivity contribution is -0.138. The first-order valence-corrected chi connectivity index (χ1v) is 9.36. The molecular formula is C21H25N3O6. The third kappa shape index (κ3) is 6.69. The number of hydrogen-bond acceptors (Lipinski definition) is 6. The first-order valence-electron chi connectivity index (χ1n) is 9.36. The van der Waals surface area contributed by atoms with Gasteiger partial charge in [-0.1, -0.05) is 0 Å². The summed E-state index contributed by atoms with van der Waals surface area (Å²) in [7, 11) is 0. The van der Waals surface area contributed by atoms with Crippen molar-refractivity contribution in [3.05, 3.63) is 53.6 Å². The van der Waals surface area contributed by atoms with Gasteiger partial charge in [0.1, 0.15) is 17.3 Å². The average Bonchev–Trinajstić information content (AvgIpc) is 2.69. The molecule has 2 aromatic carbocycles. The largest absolute Gasteiger partial charge is 0.494 e. The summed E-state index contributed by atoms with van der Waals surface area (Å²) < 4.78 is 11.1. The van der Waals surface area contributed by atoms with Crippen LogP contribution in [0.3, 0.4) is 0 Å². The van der Waals surface area contributed by atoms with Crippen molar-refractivity contribution in [2.75, 3.05) is 18.5 Å². The van der Waals surface area contributed by atoms with Crippen molar-refractivity contribution in [2.45, 2.75) is 25.8 Å². The maximum Gasteiger partial charge on any atom is 0.330 e. The number of nitrogens with one attached hydrogen (secondary N) is 2. The Morgan fingerprint density at radius 1 is 1.10 bits per heavy atom. The number of rotatable bonds is 12. The third-order valence-corrected chi connectivity index (χ3v) is 4.10. The molecule has 1 atom stereocenters. The van der Waals surface area contributed by atoms with Crippen LogP contribution in [0.1, 0.15) is 36.9 Å². The molecule has 6 N–H and O–H groups in total. The van der Waals surface area contributed by atoms with Crippen LogP contribution in [0.5, 0.6) is 11.5 Å². The van der Waals surface area contributed by atoms with Gasteiger partial charge in [0.15, 0.2) is 6.04 Å². The third-order valence-electron chi connectivity index (χ3n) is 4.10. The predicted molar refractivity (Wildman–Crippen MR) is 111 cm³/mol. The zero-order chi connectivity index (χ0) is 22.1. The summed E-state index contributed by atoms with van der Waals surface area (Å²) in [4.78, 5) is 22.6. The minimum atomic E-state index is -1.10. The molecule has 1 unspecified atom stereocenters. The Morgan fingerprint density at radius 3 is 2.27 bits per heavy atom. The van der Waals surface area contributed by atoms with Crippen molar-refractivity contribution in [3.63, 3.8) is 0 Å². The molecule has 9 nitrogen and oxygen atoms in total. The summed E-state index contributed by atoms with van der Waals surface area (Å²) in [6.45, 7) is 2.38. The number of aliphatic carboxylic acids is 2. The monoisotopic (exact) mass is 415 g/mol. The Hall–Kier alpha value is -3.75. The molecule has 0 heterocycles. The lowest BCUT2D eigenvalue weighted by Gasteiger charge is -2.19. The van der Waals surface area contributed by atoms with Crippen LogP contribution in [0.25, 0.3) is 0 Å². The van der Waals surface area contributed by atoms with Gasteiger partial charge in [0.25, 0.3) is 0 Å². The van der Waals surface area contributed by atoms with E-state index in [1.165, 1.54) is 0 Å². The number of nitrogens with two attached hydrogens (primary N) is 1. The van der Waals surface area contributed by atoms with E-state index in [4.69, 9.17) is 25.7 Å². The van der Waals surface area contributed by atoms with E-state index < -0.39 is 18.0 Å². The highest BCUT2D eigenvalue weighted by molar-refractivity contribution is 5.95. The molecule has 0 aliphatic rings. The van der Waals surface area contributed by atoms with Crippen LogP contribution in [0.15, 0.2) is 42.5 Å². The van der Waals surface area contributed by atoms with Gasteiger partial charge < -0.3 is 30.7 Å². The summed E-state index contributed by atoms with van der Waals surface area (Å²) in [6, 6.07) is 10.3. The Bertz CT molecular complexity index is 898. The summed E-state index contributed by atoms with van der Waals surface area (Å²) >= 11 is 0. The fraction of sp³-hybridized carbons (Fsp3) is 0.286. The van der Waals surface area contributed by atoms with E-state index in [0.29, 0.717) is 41.3 Å². The molecule has 0 saturated carbocycles. The molecule has 2 aromatic rings. The normalized spacial score (nSPS) is 11.4. The van der Waals surface area contributed by atoms with Crippen LogP contribution in [0, 0.1) is 5.41 Å². The molecule has 0 radical (unpaired) electrons. The van der Waals surface area contributed by atoms with Gasteiger partial charge in [-0.3, -0.25) is 10.2 Å². The Kier molecular flexibility index (Phi) is 8.04. The van der Waals surface area contributed by atoms with Crippen molar-refractivity contribution in [1.82, 2.24) is 0 Å². The summed E-state index contributed by atoms with van der Waals surface area (Å²) in [6.07, 6.45) is 0.306. The molecule has 0 bridgehead atoms. The second-order valence-corrected chi connectivity index (χ2v) is 6.42. The SMILES string of the molecule is CCOc1cc(OCCCC(=O)O)cc(C(Nc2ccc(C(=N)N)cc2)C(=O)O)c1. The van der Waals surface area contributed by atoms with Crippen molar-refractivity contribution in [2.24, 2.45) is 5.73 Å². The number of carboxylic acids is 2. The van der Waals surface area contributed by atoms with Crippen LogP contribution in [0.2, 0.25) is 0 Å². The number of anilines is 1. The molecule has 30 heavy (non-hydrogen) atoms. The summed E-state index contributed by atoms with van der Waals surface area (Å²) in [5, 5.41) is 28.8. The van der Waals surface area contributed by atoms with E-state index in [-0.39, 0.29) is 18.9 Å². The first-order chi connectivity index (χ1) is 14.3. The standard InChI is InChI=1S/C21H25N3O6/c1-2-29-16-10-14(11-17(12-16)30-9-3-4-18(25)26)19(21(27)28)24-15-7-5-13(6-8-15)20(22)23/h5-8,10-12,19,24H,2-4,9H2,1H3,(H3,22,23)(H,25,26)(H,27,28). The van der Waals surface area contributed by atoms with Crippen LogP contribution < -0.4 is 20.5 Å². The maximum atomic E-state index is 11.9. The number of amidine groups is 1. The average molecular weight is 415 g/mol. The van der Waals surface area contributed by atoms with E-state index in [0.717, 1.165) is 0 Å². The van der Waals surface area contributed by atoms with Gasteiger partial charge in [-0.05, 0) is 55.3 Å². The number of benzene rings is 2. The van der Waals surface area contributed by atoms with Gasteiger partial charge in [0.05, 0.1) is 13.2 Å². The van der Waals surface area contributed by atoms with Gasteiger partial charge in [0, 0.05) is 23.7 Å². The van der Waals surface area contributed by atoms with E-state index in [1.54, 1.807) is 42.5 Å². The molecule has 0 saturated heterocycles. The number of hydrogen-bond donors (Lipinski definition) is 5. The Labute approximate surface area is 173 Å². The van der Waals surface area contributed by atoms with Crippen molar-refractivity contribution >= 4 is 23.5 Å². The van der Waals surface area contributed by atoms with E-state index >= 15 is 0 Å². The van der Waals surface area contributed by atoms with Gasteiger partial charge in [0.2, 0.25) is 0 Å². The fourth-order valence-electron chi connectivity index (χ4n) is 2.71. The number of ether oxygens (including phenoxy) is 2. The molecule has 0 spiro atoms. The van der Waals surface area contributed by atoms with Crippen LogP contribution in [-0.4, -0.2) is 41.2 Å². The fourth-order valence-corrected chi connectivity index (χ4v) is 2.71. The molecule has 0 aliphatic heterocycles. The molecule has 160 valence electrons. The van der Waals surface area contributed by atoms with E-state index in [2.05, 4.69) is 5.32 Å². The Morgan fingerprint density at radius 2 is 1.73 bits per heavy atom. The zero-order valence-corrected chi connectivity index (χ0v) is 16.6.